The fourth-order valence-electron chi connectivity index (χ4n) is 2.18. The molecule has 0 aliphatic rings. The molecule has 0 aliphatic carbocycles. The summed E-state index contributed by atoms with van der Waals surface area (Å²) in [5.41, 5.74) is 0.489. The minimum atomic E-state index is -0.381. The number of amides is 1. The number of pyridine rings is 1. The molecule has 0 bridgehead atoms. The molecule has 3 aromatic rings. The third-order valence-corrected chi connectivity index (χ3v) is 3.91. The summed E-state index contributed by atoms with van der Waals surface area (Å²) in [6, 6.07) is 14.2. The number of nitrogens with zero attached hydrogens (tertiary/aromatic N) is 1. The van der Waals surface area contributed by atoms with Gasteiger partial charge in [0, 0.05) is 10.7 Å². The highest BCUT2D eigenvalue weighted by Crippen LogP contribution is 2.22. The second kappa shape index (κ2) is 8.53. The van der Waals surface area contributed by atoms with Crippen LogP contribution in [0.1, 0.15) is 23.2 Å². The molecule has 2 aromatic heterocycles. The molecule has 3 rings (SSSR count). The Morgan fingerprint density at radius 2 is 1.96 bits per heavy atom. The lowest BCUT2D eigenvalue weighted by atomic mass is 10.3. The van der Waals surface area contributed by atoms with Crippen LogP contribution in [0, 0.1) is 0 Å². The van der Waals surface area contributed by atoms with Crippen molar-refractivity contribution in [3.05, 3.63) is 70.7 Å². The number of hydrogen-bond acceptors (Lipinski definition) is 5. The second-order valence-corrected chi connectivity index (χ2v) is 6.17. The van der Waals surface area contributed by atoms with Crippen LogP contribution >= 0.6 is 15.9 Å². The minimum Gasteiger partial charge on any atom is -0.486 e. The third-order valence-electron chi connectivity index (χ3n) is 3.38. The largest absolute Gasteiger partial charge is 0.486 e. The summed E-state index contributed by atoms with van der Waals surface area (Å²) in [7, 11) is 0. The molecule has 0 fully saturated rings. The molecule has 1 N–H and O–H groups in total. The Morgan fingerprint density at radius 1 is 1.15 bits per heavy atom. The number of ether oxygens (including phenoxy) is 2. The van der Waals surface area contributed by atoms with Gasteiger partial charge in [-0.1, -0.05) is 15.9 Å². The Bertz CT molecular complexity index is 877. The van der Waals surface area contributed by atoms with E-state index in [1.54, 1.807) is 30.5 Å². The highest BCUT2D eigenvalue weighted by molar-refractivity contribution is 9.10. The first-order valence-electron chi connectivity index (χ1n) is 8.02. The maximum absolute atomic E-state index is 12.4. The molecule has 134 valence electrons. The number of carbonyl (C=O) groups is 1. The van der Waals surface area contributed by atoms with E-state index < -0.39 is 0 Å². The van der Waals surface area contributed by atoms with Crippen molar-refractivity contribution in [3.63, 3.8) is 0 Å². The number of aromatic nitrogens is 1. The van der Waals surface area contributed by atoms with E-state index in [2.05, 4.69) is 26.2 Å². The number of rotatable bonds is 7. The first kappa shape index (κ1) is 18.0. The zero-order valence-electron chi connectivity index (χ0n) is 14.1. The lowest BCUT2D eigenvalue weighted by Gasteiger charge is -2.09. The number of nitrogens with one attached hydrogen (secondary N) is 1. The minimum absolute atomic E-state index is 0.186. The van der Waals surface area contributed by atoms with Crippen molar-refractivity contribution in [2.45, 2.75) is 13.5 Å². The van der Waals surface area contributed by atoms with E-state index in [4.69, 9.17) is 13.9 Å². The van der Waals surface area contributed by atoms with Gasteiger partial charge in [-0.25, -0.2) is 4.98 Å². The highest BCUT2D eigenvalue weighted by atomic mass is 79.9. The fourth-order valence-corrected chi connectivity index (χ4v) is 2.45. The van der Waals surface area contributed by atoms with Gasteiger partial charge in [0.15, 0.2) is 5.76 Å². The molecule has 1 aromatic carbocycles. The first-order chi connectivity index (χ1) is 12.7. The number of furan rings is 1. The van der Waals surface area contributed by atoms with Crippen LogP contribution in [0.25, 0.3) is 0 Å². The molecule has 0 aliphatic heterocycles. The third kappa shape index (κ3) is 4.64. The Balaban J connectivity index is 1.62. The van der Waals surface area contributed by atoms with Gasteiger partial charge in [-0.05, 0) is 55.5 Å². The lowest BCUT2D eigenvalue weighted by molar-refractivity contribution is 0.0992. The van der Waals surface area contributed by atoms with Gasteiger partial charge in [0.25, 0.3) is 5.91 Å². The Morgan fingerprint density at radius 3 is 2.73 bits per heavy atom. The van der Waals surface area contributed by atoms with Crippen LogP contribution in [0.3, 0.4) is 0 Å². The molecule has 0 spiro atoms. The first-order valence-corrected chi connectivity index (χ1v) is 8.81. The van der Waals surface area contributed by atoms with Crippen molar-refractivity contribution in [1.82, 2.24) is 4.98 Å². The summed E-state index contributed by atoms with van der Waals surface area (Å²) in [6.45, 7) is 2.54. The second-order valence-electron chi connectivity index (χ2n) is 5.25. The topological polar surface area (TPSA) is 73.6 Å². The van der Waals surface area contributed by atoms with Gasteiger partial charge in [-0.2, -0.15) is 0 Å². The Labute approximate surface area is 159 Å². The van der Waals surface area contributed by atoms with Gasteiger partial charge in [0.05, 0.1) is 6.61 Å². The van der Waals surface area contributed by atoms with Crippen molar-refractivity contribution in [1.29, 1.82) is 0 Å². The van der Waals surface area contributed by atoms with Crippen LogP contribution in [-0.4, -0.2) is 17.5 Å². The monoisotopic (exact) mass is 416 g/mol. The number of carbonyl (C=O) groups excluding carboxylic acids is 1. The van der Waals surface area contributed by atoms with Crippen LogP contribution in [0.2, 0.25) is 0 Å². The zero-order chi connectivity index (χ0) is 18.4. The van der Waals surface area contributed by atoms with Gasteiger partial charge in [0.1, 0.15) is 23.8 Å². The maximum Gasteiger partial charge on any atom is 0.291 e. The SMILES string of the molecule is CCOc1ncccc1NC(=O)c1ccc(COc2ccc(Br)cc2)o1. The molecule has 26 heavy (non-hydrogen) atoms. The summed E-state index contributed by atoms with van der Waals surface area (Å²) in [5, 5.41) is 2.74. The van der Waals surface area contributed by atoms with E-state index in [1.807, 2.05) is 31.2 Å². The molecular formula is C19H17BrN2O4. The molecule has 6 nitrogen and oxygen atoms in total. The Kier molecular flexibility index (Phi) is 5.91. The summed E-state index contributed by atoms with van der Waals surface area (Å²) >= 11 is 3.37. The molecule has 2 heterocycles. The van der Waals surface area contributed by atoms with Crippen molar-refractivity contribution in [2.75, 3.05) is 11.9 Å². The predicted octanol–water partition coefficient (Wildman–Crippen LogP) is 4.67. The fraction of sp³-hybridized carbons (Fsp3) is 0.158. The van der Waals surface area contributed by atoms with Gasteiger partial charge < -0.3 is 19.2 Å². The Hall–Kier alpha value is -2.80. The van der Waals surface area contributed by atoms with Crippen LogP contribution in [0.4, 0.5) is 5.69 Å². The summed E-state index contributed by atoms with van der Waals surface area (Å²) in [6.07, 6.45) is 1.60. The van der Waals surface area contributed by atoms with Crippen molar-refractivity contribution in [3.8, 4) is 11.6 Å². The highest BCUT2D eigenvalue weighted by Gasteiger charge is 2.14. The molecule has 1 amide bonds. The number of hydrogen-bond donors (Lipinski definition) is 1. The normalized spacial score (nSPS) is 10.4. The van der Waals surface area contributed by atoms with E-state index in [0.29, 0.717) is 29.7 Å². The molecule has 0 unspecified atom stereocenters. The van der Waals surface area contributed by atoms with Gasteiger partial charge >= 0.3 is 0 Å². The van der Waals surface area contributed by atoms with E-state index in [9.17, 15) is 4.79 Å². The molecular weight excluding hydrogens is 400 g/mol. The average molecular weight is 417 g/mol. The number of anilines is 1. The molecule has 7 heteroatoms. The van der Waals surface area contributed by atoms with E-state index in [1.165, 1.54) is 0 Å². The van der Waals surface area contributed by atoms with Crippen molar-refractivity contribution >= 4 is 27.5 Å². The molecule has 0 radical (unpaired) electrons. The van der Waals surface area contributed by atoms with Crippen LogP contribution in [0.5, 0.6) is 11.6 Å². The lowest BCUT2D eigenvalue weighted by Crippen LogP contribution is -2.12. The molecule has 0 atom stereocenters. The van der Waals surface area contributed by atoms with Gasteiger partial charge in [-0.3, -0.25) is 4.79 Å². The quantitative estimate of drug-likeness (QED) is 0.605. The summed E-state index contributed by atoms with van der Waals surface area (Å²) in [4.78, 5) is 16.5. The van der Waals surface area contributed by atoms with Crippen LogP contribution in [0.15, 0.2) is 63.6 Å². The van der Waals surface area contributed by atoms with E-state index in [0.717, 1.165) is 4.47 Å². The molecule has 0 saturated carbocycles. The van der Waals surface area contributed by atoms with E-state index >= 15 is 0 Å². The maximum atomic E-state index is 12.4. The predicted molar refractivity (Wildman–Crippen MR) is 101 cm³/mol. The van der Waals surface area contributed by atoms with Crippen LogP contribution in [-0.2, 0) is 6.61 Å². The number of halogens is 1. The smallest absolute Gasteiger partial charge is 0.291 e. The van der Waals surface area contributed by atoms with Crippen LogP contribution < -0.4 is 14.8 Å². The van der Waals surface area contributed by atoms with Gasteiger partial charge in [-0.15, -0.1) is 0 Å². The zero-order valence-corrected chi connectivity index (χ0v) is 15.7. The molecule has 0 saturated heterocycles. The van der Waals surface area contributed by atoms with Gasteiger partial charge in [0.2, 0.25) is 5.88 Å². The average Bonchev–Trinajstić information content (AvgIpc) is 3.12. The summed E-state index contributed by atoms with van der Waals surface area (Å²) in [5.74, 6) is 1.44. The standard InChI is InChI=1S/C19H17BrN2O4/c1-2-24-19-16(4-3-11-21-19)22-18(23)17-10-9-15(26-17)12-25-14-7-5-13(20)6-8-14/h3-11H,2,12H2,1H3,(H,22,23). The summed E-state index contributed by atoms with van der Waals surface area (Å²) < 4.78 is 17.6. The van der Waals surface area contributed by atoms with E-state index in [-0.39, 0.29) is 18.3 Å². The van der Waals surface area contributed by atoms with Crippen molar-refractivity contribution < 1.29 is 18.7 Å². The number of benzene rings is 1. The van der Waals surface area contributed by atoms with Crippen molar-refractivity contribution in [2.24, 2.45) is 0 Å².